The molecule has 0 saturated carbocycles. The number of hydrogen-bond acceptors (Lipinski definition) is 5. The summed E-state index contributed by atoms with van der Waals surface area (Å²) in [5, 5.41) is 2.84. The normalized spacial score (nSPS) is 18.1. The van der Waals surface area contributed by atoms with Crippen LogP contribution >= 0.6 is 0 Å². The summed E-state index contributed by atoms with van der Waals surface area (Å²) in [6.07, 6.45) is 2.96. The van der Waals surface area contributed by atoms with Gasteiger partial charge in [0.25, 0.3) is 5.91 Å². The number of nitrogens with zero attached hydrogens (tertiary/aromatic N) is 4. The third-order valence-electron chi connectivity index (χ3n) is 3.56. The van der Waals surface area contributed by atoms with Crippen molar-refractivity contribution in [2.75, 3.05) is 32.5 Å². The molecule has 0 aromatic carbocycles. The van der Waals surface area contributed by atoms with Gasteiger partial charge in [-0.2, -0.15) is 0 Å². The van der Waals surface area contributed by atoms with Crippen LogP contribution in [0.2, 0.25) is 0 Å². The molecule has 0 bridgehead atoms. The zero-order chi connectivity index (χ0) is 14.9. The summed E-state index contributed by atoms with van der Waals surface area (Å²) < 4.78 is 0. The number of rotatable bonds is 2. The first-order valence-electron chi connectivity index (χ1n) is 6.45. The van der Waals surface area contributed by atoms with Gasteiger partial charge in [-0.1, -0.05) is 0 Å². The van der Waals surface area contributed by atoms with Crippen molar-refractivity contribution in [3.05, 3.63) is 18.1 Å². The lowest BCUT2D eigenvalue weighted by atomic mass is 9.97. The Labute approximate surface area is 118 Å². The van der Waals surface area contributed by atoms with Gasteiger partial charge in [-0.05, 0) is 13.8 Å². The Morgan fingerprint density at radius 1 is 1.35 bits per heavy atom. The second kappa shape index (κ2) is 5.07. The summed E-state index contributed by atoms with van der Waals surface area (Å²) >= 11 is 0. The number of piperazine rings is 1. The predicted molar refractivity (Wildman–Crippen MR) is 74.3 cm³/mol. The molecule has 0 aliphatic carbocycles. The lowest BCUT2D eigenvalue weighted by molar-refractivity contribution is -0.144. The number of hydrogen-bond donors (Lipinski definition) is 1. The van der Waals surface area contributed by atoms with Crippen LogP contribution in [-0.4, -0.2) is 64.3 Å². The second-order valence-electron chi connectivity index (χ2n) is 5.28. The molecule has 0 radical (unpaired) electrons. The number of amides is 2. The van der Waals surface area contributed by atoms with Crippen molar-refractivity contribution in [2.45, 2.75) is 19.4 Å². The molecule has 1 aromatic rings. The maximum absolute atomic E-state index is 12.6. The zero-order valence-electron chi connectivity index (χ0n) is 12.2. The molecule has 2 heterocycles. The van der Waals surface area contributed by atoms with E-state index < -0.39 is 5.54 Å². The molecule has 2 amide bonds. The number of carbonyl (C=O) groups excluding carboxylic acids is 2. The highest BCUT2D eigenvalue weighted by Gasteiger charge is 2.43. The summed E-state index contributed by atoms with van der Waals surface area (Å²) in [6.45, 7) is 4.50. The Kier molecular flexibility index (Phi) is 3.61. The SMILES string of the molecule is CNc1cncc(C(=O)N2CCN(C)C(=O)C2(C)C)n1. The molecule has 0 spiro atoms. The molecule has 0 unspecified atom stereocenters. The average Bonchev–Trinajstić information content (AvgIpc) is 2.44. The third kappa shape index (κ3) is 2.31. The Bertz CT molecular complexity index is 543. The molecule has 1 aliphatic heterocycles. The van der Waals surface area contributed by atoms with E-state index >= 15 is 0 Å². The fourth-order valence-corrected chi connectivity index (χ4v) is 2.30. The minimum atomic E-state index is -0.874. The maximum Gasteiger partial charge on any atom is 0.275 e. The van der Waals surface area contributed by atoms with Gasteiger partial charge in [0.2, 0.25) is 5.91 Å². The van der Waals surface area contributed by atoms with E-state index in [0.717, 1.165) is 0 Å². The van der Waals surface area contributed by atoms with Crippen LogP contribution in [0.1, 0.15) is 24.3 Å². The molecule has 1 aromatic heterocycles. The van der Waals surface area contributed by atoms with Gasteiger partial charge in [0, 0.05) is 27.2 Å². The monoisotopic (exact) mass is 277 g/mol. The number of aromatic nitrogens is 2. The maximum atomic E-state index is 12.6. The van der Waals surface area contributed by atoms with E-state index in [9.17, 15) is 9.59 Å². The van der Waals surface area contributed by atoms with Gasteiger partial charge in [-0.3, -0.25) is 14.6 Å². The number of nitrogens with one attached hydrogen (secondary N) is 1. The topological polar surface area (TPSA) is 78.4 Å². The molecule has 20 heavy (non-hydrogen) atoms. The van der Waals surface area contributed by atoms with Crippen molar-refractivity contribution >= 4 is 17.6 Å². The molecule has 7 nitrogen and oxygen atoms in total. The molecular weight excluding hydrogens is 258 g/mol. The van der Waals surface area contributed by atoms with E-state index in [4.69, 9.17) is 0 Å². The Morgan fingerprint density at radius 2 is 2.05 bits per heavy atom. The van der Waals surface area contributed by atoms with E-state index in [0.29, 0.717) is 18.9 Å². The molecule has 1 N–H and O–H groups in total. The largest absolute Gasteiger partial charge is 0.372 e. The van der Waals surface area contributed by atoms with Crippen molar-refractivity contribution in [1.82, 2.24) is 19.8 Å². The summed E-state index contributed by atoms with van der Waals surface area (Å²) in [7, 11) is 3.45. The molecular formula is C13H19N5O2. The van der Waals surface area contributed by atoms with Crippen LogP contribution in [0.4, 0.5) is 5.82 Å². The fourth-order valence-electron chi connectivity index (χ4n) is 2.30. The van der Waals surface area contributed by atoms with E-state index in [-0.39, 0.29) is 17.5 Å². The zero-order valence-corrected chi connectivity index (χ0v) is 12.2. The van der Waals surface area contributed by atoms with E-state index in [1.807, 2.05) is 0 Å². The van der Waals surface area contributed by atoms with Crippen LogP contribution < -0.4 is 5.32 Å². The Morgan fingerprint density at radius 3 is 2.70 bits per heavy atom. The van der Waals surface area contributed by atoms with Gasteiger partial charge in [0.05, 0.1) is 12.4 Å². The van der Waals surface area contributed by atoms with Gasteiger partial charge in [-0.15, -0.1) is 0 Å². The Balaban J connectivity index is 2.30. The number of likely N-dealkylation sites (N-methyl/N-ethyl adjacent to an activating group) is 1. The fraction of sp³-hybridized carbons (Fsp3) is 0.538. The first-order valence-corrected chi connectivity index (χ1v) is 6.45. The smallest absolute Gasteiger partial charge is 0.275 e. The molecule has 108 valence electrons. The van der Waals surface area contributed by atoms with Crippen LogP contribution in [0.25, 0.3) is 0 Å². The van der Waals surface area contributed by atoms with Gasteiger partial charge < -0.3 is 15.1 Å². The summed E-state index contributed by atoms with van der Waals surface area (Å²) in [4.78, 5) is 36.1. The van der Waals surface area contributed by atoms with Crippen LogP contribution in [0.15, 0.2) is 12.4 Å². The van der Waals surface area contributed by atoms with Crippen LogP contribution in [0, 0.1) is 0 Å². The lowest BCUT2D eigenvalue weighted by Crippen LogP contribution is -2.63. The van der Waals surface area contributed by atoms with E-state index in [2.05, 4.69) is 15.3 Å². The van der Waals surface area contributed by atoms with Crippen LogP contribution in [0.3, 0.4) is 0 Å². The van der Waals surface area contributed by atoms with Gasteiger partial charge >= 0.3 is 0 Å². The minimum absolute atomic E-state index is 0.0742. The van der Waals surface area contributed by atoms with Gasteiger partial charge in [-0.25, -0.2) is 4.98 Å². The number of anilines is 1. The summed E-state index contributed by atoms with van der Waals surface area (Å²) in [5.41, 5.74) is -0.635. The molecule has 2 rings (SSSR count). The van der Waals surface area contributed by atoms with Crippen molar-refractivity contribution in [2.24, 2.45) is 0 Å². The van der Waals surface area contributed by atoms with E-state index in [1.54, 1.807) is 37.7 Å². The van der Waals surface area contributed by atoms with Crippen molar-refractivity contribution in [3.8, 4) is 0 Å². The van der Waals surface area contributed by atoms with Crippen molar-refractivity contribution < 1.29 is 9.59 Å². The van der Waals surface area contributed by atoms with Crippen LogP contribution in [-0.2, 0) is 4.79 Å². The quantitative estimate of drug-likeness (QED) is 0.836. The lowest BCUT2D eigenvalue weighted by Gasteiger charge is -2.44. The van der Waals surface area contributed by atoms with Crippen molar-refractivity contribution in [3.63, 3.8) is 0 Å². The summed E-state index contributed by atoms with van der Waals surface area (Å²) in [5.74, 6) is 0.171. The standard InChI is InChI=1S/C13H19N5O2/c1-13(2)12(20)17(4)5-6-18(13)11(19)9-7-15-8-10(14-3)16-9/h7-8H,5-6H2,1-4H3,(H,14,16). The predicted octanol–water partition coefficient (Wildman–Crippen LogP) is 0.211. The number of carbonyl (C=O) groups is 2. The van der Waals surface area contributed by atoms with E-state index in [1.165, 1.54) is 12.4 Å². The molecule has 1 fully saturated rings. The average molecular weight is 277 g/mol. The highest BCUT2D eigenvalue weighted by atomic mass is 16.2. The highest BCUT2D eigenvalue weighted by molar-refractivity contribution is 5.98. The van der Waals surface area contributed by atoms with Gasteiger partial charge in [0.1, 0.15) is 17.1 Å². The second-order valence-corrected chi connectivity index (χ2v) is 5.28. The highest BCUT2D eigenvalue weighted by Crippen LogP contribution is 2.23. The first-order chi connectivity index (χ1) is 9.37. The van der Waals surface area contributed by atoms with Crippen LogP contribution in [0.5, 0.6) is 0 Å². The molecule has 0 atom stereocenters. The summed E-state index contributed by atoms with van der Waals surface area (Å²) in [6, 6.07) is 0. The minimum Gasteiger partial charge on any atom is -0.372 e. The Hall–Kier alpha value is -2.18. The third-order valence-corrected chi connectivity index (χ3v) is 3.56. The first kappa shape index (κ1) is 14.2. The molecule has 1 aliphatic rings. The van der Waals surface area contributed by atoms with Crippen molar-refractivity contribution in [1.29, 1.82) is 0 Å². The van der Waals surface area contributed by atoms with Gasteiger partial charge in [0.15, 0.2) is 0 Å². The molecule has 7 heteroatoms. The molecule has 1 saturated heterocycles.